The highest BCUT2D eigenvalue weighted by atomic mass is 16.5. The number of aromatic nitrogens is 1. The van der Waals surface area contributed by atoms with E-state index in [1.54, 1.807) is 13.2 Å². The highest BCUT2D eigenvalue weighted by Crippen LogP contribution is 2.28. The van der Waals surface area contributed by atoms with Gasteiger partial charge < -0.3 is 10.1 Å². The standard InChI is InChI=1S/C11H14N2O2/c1-15-10-4-2-3-9(13-10)7-12-11(14)8-5-6-8/h2-4,8H,5-7H2,1H3,(H,12,14). The average molecular weight is 206 g/mol. The number of methoxy groups -OCH3 is 1. The molecule has 1 saturated carbocycles. The number of hydrogen-bond acceptors (Lipinski definition) is 3. The summed E-state index contributed by atoms with van der Waals surface area (Å²) in [6.45, 7) is 0.479. The maximum Gasteiger partial charge on any atom is 0.223 e. The fraction of sp³-hybridized carbons (Fsp3) is 0.455. The molecule has 0 atom stereocenters. The number of hydrogen-bond donors (Lipinski definition) is 1. The minimum Gasteiger partial charge on any atom is -0.481 e. The van der Waals surface area contributed by atoms with E-state index >= 15 is 0 Å². The molecular formula is C11H14N2O2. The minimum absolute atomic E-state index is 0.139. The second-order valence-electron chi connectivity index (χ2n) is 3.66. The van der Waals surface area contributed by atoms with Gasteiger partial charge in [0.25, 0.3) is 0 Å². The molecule has 0 unspecified atom stereocenters. The van der Waals surface area contributed by atoms with Crippen LogP contribution in [0.2, 0.25) is 0 Å². The maximum atomic E-state index is 11.4. The van der Waals surface area contributed by atoms with Crippen molar-refractivity contribution in [1.29, 1.82) is 0 Å². The van der Waals surface area contributed by atoms with Gasteiger partial charge in [-0.05, 0) is 18.9 Å². The van der Waals surface area contributed by atoms with E-state index in [0.717, 1.165) is 18.5 Å². The van der Waals surface area contributed by atoms with Crippen LogP contribution in [0.5, 0.6) is 5.88 Å². The Balaban J connectivity index is 1.89. The fourth-order valence-electron chi connectivity index (χ4n) is 1.34. The Morgan fingerprint density at radius 1 is 1.60 bits per heavy atom. The van der Waals surface area contributed by atoms with Crippen molar-refractivity contribution in [2.24, 2.45) is 5.92 Å². The van der Waals surface area contributed by atoms with E-state index in [2.05, 4.69) is 10.3 Å². The van der Waals surface area contributed by atoms with E-state index < -0.39 is 0 Å². The molecule has 1 aromatic heterocycles. The van der Waals surface area contributed by atoms with Crippen LogP contribution >= 0.6 is 0 Å². The number of carbonyl (C=O) groups excluding carboxylic acids is 1. The SMILES string of the molecule is COc1cccc(CNC(=O)C2CC2)n1. The number of carbonyl (C=O) groups is 1. The summed E-state index contributed by atoms with van der Waals surface area (Å²) in [5, 5.41) is 2.86. The van der Waals surface area contributed by atoms with Gasteiger partial charge in [0.05, 0.1) is 19.3 Å². The number of ether oxygens (including phenoxy) is 1. The predicted molar refractivity (Wildman–Crippen MR) is 55.4 cm³/mol. The van der Waals surface area contributed by atoms with Crippen LogP contribution in [0, 0.1) is 5.92 Å². The number of rotatable bonds is 4. The van der Waals surface area contributed by atoms with E-state index in [4.69, 9.17) is 4.74 Å². The Hall–Kier alpha value is -1.58. The third-order valence-electron chi connectivity index (χ3n) is 2.38. The number of nitrogens with zero attached hydrogens (tertiary/aromatic N) is 1. The van der Waals surface area contributed by atoms with Crippen LogP contribution in [-0.2, 0) is 11.3 Å². The highest BCUT2D eigenvalue weighted by Gasteiger charge is 2.29. The van der Waals surface area contributed by atoms with Gasteiger partial charge >= 0.3 is 0 Å². The molecule has 0 aromatic carbocycles. The van der Waals surface area contributed by atoms with Gasteiger partial charge in [0, 0.05) is 12.0 Å². The predicted octanol–water partition coefficient (Wildman–Crippen LogP) is 1.12. The first-order valence-electron chi connectivity index (χ1n) is 5.07. The summed E-state index contributed by atoms with van der Waals surface area (Å²) in [5.41, 5.74) is 0.823. The number of nitrogens with one attached hydrogen (secondary N) is 1. The van der Waals surface area contributed by atoms with E-state index in [1.165, 1.54) is 0 Å². The molecule has 0 saturated heterocycles. The van der Waals surface area contributed by atoms with Crippen LogP contribution in [0.25, 0.3) is 0 Å². The van der Waals surface area contributed by atoms with Crippen LogP contribution in [0.15, 0.2) is 18.2 Å². The molecule has 0 radical (unpaired) electrons. The van der Waals surface area contributed by atoms with Gasteiger partial charge in [-0.1, -0.05) is 6.07 Å². The molecule has 0 aliphatic heterocycles. The Morgan fingerprint density at radius 2 is 2.40 bits per heavy atom. The van der Waals surface area contributed by atoms with E-state index in [1.807, 2.05) is 12.1 Å². The topological polar surface area (TPSA) is 51.2 Å². The lowest BCUT2D eigenvalue weighted by Crippen LogP contribution is -2.24. The normalized spacial score (nSPS) is 14.7. The second kappa shape index (κ2) is 4.29. The number of amides is 1. The van der Waals surface area contributed by atoms with E-state index in [-0.39, 0.29) is 11.8 Å². The molecule has 1 aromatic rings. The Kier molecular flexibility index (Phi) is 2.85. The molecule has 1 aliphatic carbocycles. The van der Waals surface area contributed by atoms with Gasteiger partial charge in [-0.15, -0.1) is 0 Å². The summed E-state index contributed by atoms with van der Waals surface area (Å²) < 4.78 is 5.00. The summed E-state index contributed by atoms with van der Waals surface area (Å²) in [7, 11) is 1.58. The van der Waals surface area contributed by atoms with Gasteiger partial charge in [0.15, 0.2) is 0 Å². The molecule has 1 aliphatic rings. The quantitative estimate of drug-likeness (QED) is 0.803. The Bertz CT molecular complexity index is 361. The lowest BCUT2D eigenvalue weighted by Gasteiger charge is -2.04. The van der Waals surface area contributed by atoms with Gasteiger partial charge in [-0.2, -0.15) is 0 Å². The molecule has 0 spiro atoms. The second-order valence-corrected chi connectivity index (χ2v) is 3.66. The van der Waals surface area contributed by atoms with Crippen LogP contribution in [-0.4, -0.2) is 18.0 Å². The smallest absolute Gasteiger partial charge is 0.223 e. The van der Waals surface area contributed by atoms with E-state index in [0.29, 0.717) is 12.4 Å². The van der Waals surface area contributed by atoms with Crippen LogP contribution in [0.1, 0.15) is 18.5 Å². The monoisotopic (exact) mass is 206 g/mol. The van der Waals surface area contributed by atoms with Crippen molar-refractivity contribution in [3.8, 4) is 5.88 Å². The number of pyridine rings is 1. The molecule has 4 nitrogen and oxygen atoms in total. The molecule has 1 amide bonds. The van der Waals surface area contributed by atoms with Gasteiger partial charge in [-0.3, -0.25) is 4.79 Å². The summed E-state index contributed by atoms with van der Waals surface area (Å²) in [6, 6.07) is 5.52. The van der Waals surface area contributed by atoms with Gasteiger partial charge in [0.1, 0.15) is 0 Å². The van der Waals surface area contributed by atoms with Gasteiger partial charge in [0.2, 0.25) is 11.8 Å². The van der Waals surface area contributed by atoms with Crippen molar-refractivity contribution in [3.63, 3.8) is 0 Å². The fourth-order valence-corrected chi connectivity index (χ4v) is 1.34. The molecule has 1 fully saturated rings. The third kappa shape index (κ3) is 2.68. The molecule has 1 N–H and O–H groups in total. The molecule has 80 valence electrons. The minimum atomic E-state index is 0.139. The first-order chi connectivity index (χ1) is 7.29. The average Bonchev–Trinajstić information content (AvgIpc) is 3.10. The maximum absolute atomic E-state index is 11.4. The zero-order chi connectivity index (χ0) is 10.7. The van der Waals surface area contributed by atoms with E-state index in [9.17, 15) is 4.79 Å². The summed E-state index contributed by atoms with van der Waals surface area (Å²) >= 11 is 0. The lowest BCUT2D eigenvalue weighted by molar-refractivity contribution is -0.122. The zero-order valence-corrected chi connectivity index (χ0v) is 8.69. The van der Waals surface area contributed by atoms with Gasteiger partial charge in [-0.25, -0.2) is 4.98 Å². The molecule has 1 heterocycles. The van der Waals surface area contributed by atoms with Crippen LogP contribution in [0.4, 0.5) is 0 Å². The first-order valence-corrected chi connectivity index (χ1v) is 5.07. The van der Waals surface area contributed by atoms with Crippen molar-refractivity contribution in [2.75, 3.05) is 7.11 Å². The Morgan fingerprint density at radius 3 is 3.07 bits per heavy atom. The van der Waals surface area contributed by atoms with Crippen molar-refractivity contribution < 1.29 is 9.53 Å². The van der Waals surface area contributed by atoms with Crippen molar-refractivity contribution in [3.05, 3.63) is 23.9 Å². The largest absolute Gasteiger partial charge is 0.481 e. The molecule has 15 heavy (non-hydrogen) atoms. The van der Waals surface area contributed by atoms with Crippen molar-refractivity contribution in [1.82, 2.24) is 10.3 Å². The lowest BCUT2D eigenvalue weighted by atomic mass is 10.3. The third-order valence-corrected chi connectivity index (χ3v) is 2.38. The highest BCUT2D eigenvalue weighted by molar-refractivity contribution is 5.80. The zero-order valence-electron chi connectivity index (χ0n) is 8.69. The first kappa shape index (κ1) is 9.96. The molecular weight excluding hydrogens is 192 g/mol. The van der Waals surface area contributed by atoms with Crippen LogP contribution in [0.3, 0.4) is 0 Å². The summed E-state index contributed by atoms with van der Waals surface area (Å²) in [5.74, 6) is 0.961. The van der Waals surface area contributed by atoms with Crippen molar-refractivity contribution in [2.45, 2.75) is 19.4 Å². The Labute approximate surface area is 88.7 Å². The molecule has 0 bridgehead atoms. The molecule has 2 rings (SSSR count). The summed E-state index contributed by atoms with van der Waals surface area (Å²) in [6.07, 6.45) is 2.05. The van der Waals surface area contributed by atoms with Crippen molar-refractivity contribution >= 4 is 5.91 Å². The summed E-state index contributed by atoms with van der Waals surface area (Å²) in [4.78, 5) is 15.6. The molecule has 4 heteroatoms. The van der Waals surface area contributed by atoms with Crippen LogP contribution < -0.4 is 10.1 Å².